The van der Waals surface area contributed by atoms with Crippen LogP contribution < -0.4 is 4.72 Å². The fourth-order valence-corrected chi connectivity index (χ4v) is 3.06. The van der Waals surface area contributed by atoms with Gasteiger partial charge in [0.15, 0.2) is 0 Å². The zero-order chi connectivity index (χ0) is 14.8. The van der Waals surface area contributed by atoms with Crippen molar-refractivity contribution in [3.05, 3.63) is 59.2 Å². The lowest BCUT2D eigenvalue weighted by molar-refractivity contribution is 0.281. The van der Waals surface area contributed by atoms with E-state index in [1.165, 1.54) is 12.1 Å². The van der Waals surface area contributed by atoms with Crippen molar-refractivity contribution in [3.8, 4) is 0 Å². The Bertz CT molecular complexity index is 724. The summed E-state index contributed by atoms with van der Waals surface area (Å²) in [5, 5.41) is 9.23. The van der Waals surface area contributed by atoms with Crippen LogP contribution >= 0.6 is 0 Å². The van der Waals surface area contributed by atoms with Gasteiger partial charge < -0.3 is 5.11 Å². The van der Waals surface area contributed by atoms with Crippen molar-refractivity contribution in [1.29, 1.82) is 0 Å². The van der Waals surface area contributed by atoms with Crippen LogP contribution in [0.3, 0.4) is 0 Å². The molecule has 0 aliphatic rings. The average Bonchev–Trinajstić information content (AvgIpc) is 2.41. The summed E-state index contributed by atoms with van der Waals surface area (Å²) in [6.45, 7) is 3.49. The number of rotatable bonds is 4. The summed E-state index contributed by atoms with van der Waals surface area (Å²) < 4.78 is 27.2. The van der Waals surface area contributed by atoms with E-state index in [1.807, 2.05) is 26.0 Å². The van der Waals surface area contributed by atoms with Crippen LogP contribution in [0.4, 0.5) is 5.69 Å². The van der Waals surface area contributed by atoms with Gasteiger partial charge in [-0.1, -0.05) is 24.3 Å². The molecular weight excluding hydrogens is 274 g/mol. The topological polar surface area (TPSA) is 66.4 Å². The highest BCUT2D eigenvalue weighted by molar-refractivity contribution is 7.92. The second kappa shape index (κ2) is 5.64. The van der Waals surface area contributed by atoms with Crippen LogP contribution in [0.2, 0.25) is 0 Å². The molecule has 0 atom stereocenters. The zero-order valence-corrected chi connectivity index (χ0v) is 12.2. The fraction of sp³-hybridized carbons (Fsp3) is 0.200. The first-order valence-electron chi connectivity index (χ1n) is 6.23. The van der Waals surface area contributed by atoms with Gasteiger partial charge in [0.25, 0.3) is 10.0 Å². The largest absolute Gasteiger partial charge is 0.392 e. The highest BCUT2D eigenvalue weighted by Gasteiger charge is 2.16. The minimum absolute atomic E-state index is 0.149. The number of aryl methyl sites for hydroxylation is 2. The average molecular weight is 291 g/mol. The van der Waals surface area contributed by atoms with E-state index in [2.05, 4.69) is 4.72 Å². The van der Waals surface area contributed by atoms with Crippen molar-refractivity contribution < 1.29 is 13.5 Å². The minimum atomic E-state index is -3.65. The van der Waals surface area contributed by atoms with E-state index in [1.54, 1.807) is 18.2 Å². The Morgan fingerprint density at radius 3 is 2.40 bits per heavy atom. The molecule has 0 radical (unpaired) electrons. The number of aliphatic hydroxyl groups is 1. The molecular formula is C15H17NO3S. The molecule has 106 valence electrons. The Kier molecular flexibility index (Phi) is 4.11. The molecule has 0 fully saturated rings. The van der Waals surface area contributed by atoms with Crippen LogP contribution in [0.1, 0.15) is 16.7 Å². The molecule has 0 amide bonds. The highest BCUT2D eigenvalue weighted by atomic mass is 32.2. The molecule has 0 unspecified atom stereocenters. The van der Waals surface area contributed by atoms with Gasteiger partial charge in [-0.05, 0) is 48.7 Å². The van der Waals surface area contributed by atoms with E-state index in [-0.39, 0.29) is 11.5 Å². The van der Waals surface area contributed by atoms with E-state index in [0.717, 1.165) is 11.1 Å². The van der Waals surface area contributed by atoms with Crippen molar-refractivity contribution >= 4 is 15.7 Å². The lowest BCUT2D eigenvalue weighted by Crippen LogP contribution is -2.14. The second-order valence-corrected chi connectivity index (χ2v) is 6.35. The van der Waals surface area contributed by atoms with Gasteiger partial charge in [-0.3, -0.25) is 4.72 Å². The van der Waals surface area contributed by atoms with Gasteiger partial charge in [-0.2, -0.15) is 0 Å². The van der Waals surface area contributed by atoms with Gasteiger partial charge in [-0.15, -0.1) is 0 Å². The normalized spacial score (nSPS) is 11.3. The van der Waals surface area contributed by atoms with Crippen LogP contribution in [0, 0.1) is 13.8 Å². The summed E-state index contributed by atoms with van der Waals surface area (Å²) in [6, 6.07) is 11.9. The molecule has 0 aromatic heterocycles. The number of anilines is 1. The van der Waals surface area contributed by atoms with E-state index < -0.39 is 10.0 Å². The monoisotopic (exact) mass is 291 g/mol. The fourth-order valence-electron chi connectivity index (χ4n) is 1.88. The molecule has 5 heteroatoms. The smallest absolute Gasteiger partial charge is 0.261 e. The first-order valence-corrected chi connectivity index (χ1v) is 7.71. The summed E-state index contributed by atoms with van der Waals surface area (Å²) in [4.78, 5) is 0.149. The number of para-hydroxylation sites is 1. The second-order valence-electron chi connectivity index (χ2n) is 4.67. The number of aliphatic hydroxyl groups excluding tert-OH is 1. The molecule has 2 rings (SSSR count). The zero-order valence-electron chi connectivity index (χ0n) is 11.4. The number of hydrogen-bond acceptors (Lipinski definition) is 3. The van der Waals surface area contributed by atoms with Crippen molar-refractivity contribution in [1.82, 2.24) is 0 Å². The quantitative estimate of drug-likeness (QED) is 0.910. The summed E-state index contributed by atoms with van der Waals surface area (Å²) in [5.41, 5.74) is 2.88. The molecule has 0 saturated heterocycles. The van der Waals surface area contributed by atoms with Crippen molar-refractivity contribution in [2.45, 2.75) is 25.3 Å². The van der Waals surface area contributed by atoms with E-state index >= 15 is 0 Å². The predicted octanol–water partition coefficient (Wildman–Crippen LogP) is 2.60. The molecule has 0 heterocycles. The van der Waals surface area contributed by atoms with Gasteiger partial charge in [0.05, 0.1) is 17.2 Å². The third-order valence-electron chi connectivity index (χ3n) is 3.19. The van der Waals surface area contributed by atoms with Gasteiger partial charge in [-0.25, -0.2) is 8.42 Å². The van der Waals surface area contributed by atoms with Crippen LogP contribution in [0.25, 0.3) is 0 Å². The Labute approximate surface area is 119 Å². The van der Waals surface area contributed by atoms with E-state index in [0.29, 0.717) is 11.3 Å². The Hall–Kier alpha value is -1.85. The van der Waals surface area contributed by atoms with Gasteiger partial charge in [0.1, 0.15) is 0 Å². The minimum Gasteiger partial charge on any atom is -0.392 e. The van der Waals surface area contributed by atoms with Crippen LogP contribution in [0.15, 0.2) is 47.4 Å². The Morgan fingerprint density at radius 2 is 1.75 bits per heavy atom. The standard InChI is InChI=1S/C15H17NO3S/c1-11-7-8-14(9-13(11)10-17)20(18,19)16-15-6-4-3-5-12(15)2/h3-9,16-17H,10H2,1-2H3. The third-order valence-corrected chi connectivity index (χ3v) is 4.55. The Balaban J connectivity index is 2.38. The van der Waals surface area contributed by atoms with Gasteiger partial charge in [0.2, 0.25) is 0 Å². The predicted molar refractivity (Wildman–Crippen MR) is 79.1 cm³/mol. The number of hydrogen-bond donors (Lipinski definition) is 2. The molecule has 2 N–H and O–H groups in total. The summed E-state index contributed by atoms with van der Waals surface area (Å²) >= 11 is 0. The maximum absolute atomic E-state index is 12.3. The lowest BCUT2D eigenvalue weighted by atomic mass is 10.1. The number of benzene rings is 2. The molecule has 20 heavy (non-hydrogen) atoms. The van der Waals surface area contributed by atoms with Crippen LogP contribution in [-0.2, 0) is 16.6 Å². The van der Waals surface area contributed by atoms with E-state index in [9.17, 15) is 13.5 Å². The van der Waals surface area contributed by atoms with Crippen LogP contribution in [0.5, 0.6) is 0 Å². The molecule has 0 bridgehead atoms. The molecule has 2 aromatic carbocycles. The van der Waals surface area contributed by atoms with E-state index in [4.69, 9.17) is 0 Å². The molecule has 4 nitrogen and oxygen atoms in total. The summed E-state index contributed by atoms with van der Waals surface area (Å²) in [6.07, 6.45) is 0. The maximum Gasteiger partial charge on any atom is 0.261 e. The molecule has 0 spiro atoms. The van der Waals surface area contributed by atoms with Gasteiger partial charge >= 0.3 is 0 Å². The Morgan fingerprint density at radius 1 is 1.05 bits per heavy atom. The third kappa shape index (κ3) is 3.00. The van der Waals surface area contributed by atoms with Crippen molar-refractivity contribution in [2.24, 2.45) is 0 Å². The maximum atomic E-state index is 12.3. The number of nitrogens with one attached hydrogen (secondary N) is 1. The molecule has 0 saturated carbocycles. The SMILES string of the molecule is Cc1ccc(S(=O)(=O)Nc2ccccc2C)cc1CO. The molecule has 0 aliphatic carbocycles. The molecule has 2 aromatic rings. The summed E-state index contributed by atoms with van der Waals surface area (Å²) in [5.74, 6) is 0. The highest BCUT2D eigenvalue weighted by Crippen LogP contribution is 2.21. The van der Waals surface area contributed by atoms with Gasteiger partial charge in [0, 0.05) is 0 Å². The first-order chi connectivity index (χ1) is 9.44. The lowest BCUT2D eigenvalue weighted by Gasteiger charge is -2.12. The number of sulfonamides is 1. The van der Waals surface area contributed by atoms with Crippen molar-refractivity contribution in [3.63, 3.8) is 0 Å². The first kappa shape index (κ1) is 14.6. The van der Waals surface area contributed by atoms with Crippen molar-refractivity contribution in [2.75, 3.05) is 4.72 Å². The van der Waals surface area contributed by atoms with Crippen LogP contribution in [-0.4, -0.2) is 13.5 Å². The molecule has 0 aliphatic heterocycles. The summed E-state index contributed by atoms with van der Waals surface area (Å²) in [7, 11) is -3.65.